The molecule has 0 radical (unpaired) electrons. The third-order valence-corrected chi connectivity index (χ3v) is 12.7. The number of thioether (sulfide) groups is 1. The summed E-state index contributed by atoms with van der Waals surface area (Å²) in [5, 5.41) is 6.13. The first kappa shape index (κ1) is 40.8. The summed E-state index contributed by atoms with van der Waals surface area (Å²) in [5.41, 5.74) is 2.05. The Morgan fingerprint density at radius 3 is 1.95 bits per heavy atom. The highest BCUT2D eigenvalue weighted by molar-refractivity contribution is 7.99. The molecule has 0 aromatic heterocycles. The summed E-state index contributed by atoms with van der Waals surface area (Å²) >= 11 is 1.65. The normalized spacial score (nSPS) is 23.2. The number of hydrogen-bond acceptors (Lipinski definition) is 7. The standard InChI is InChI=1S/C45H54N4O6S/c1-45(2)26-14-27-48(35-19-11-6-12-20-35)43(53)39(45)47-41(51)34(30-32-17-9-5-10-18-32)24-23-33(29-31-15-7-4-8-16-31)40(50)46-36-25-28-56-38-22-13-21-37(44(54)55-3)49(38)42(36)52/h4-12,14-20,26,33-34,36-39H,13,21-25,27-30H2,1-3H3,(H,46,50)(H,47,51). The highest BCUT2D eigenvalue weighted by atomic mass is 32.2. The Labute approximate surface area is 334 Å². The molecule has 2 N–H and O–H groups in total. The fraction of sp³-hybridized carbons (Fsp3) is 0.444. The molecule has 4 amide bonds. The summed E-state index contributed by atoms with van der Waals surface area (Å²) in [6.45, 7) is 4.31. The highest BCUT2D eigenvalue weighted by Gasteiger charge is 2.44. The predicted octanol–water partition coefficient (Wildman–Crippen LogP) is 6.10. The number of nitrogens with one attached hydrogen (secondary N) is 2. The van der Waals surface area contributed by atoms with Crippen LogP contribution in [0.3, 0.4) is 0 Å². The van der Waals surface area contributed by atoms with Gasteiger partial charge in [0.2, 0.25) is 17.7 Å². The van der Waals surface area contributed by atoms with Crippen LogP contribution in [0.2, 0.25) is 0 Å². The van der Waals surface area contributed by atoms with Crippen LogP contribution in [-0.2, 0) is 41.6 Å². The smallest absolute Gasteiger partial charge is 0.328 e. The van der Waals surface area contributed by atoms with Gasteiger partial charge in [0.15, 0.2) is 0 Å². The maximum Gasteiger partial charge on any atom is 0.328 e. The molecule has 11 heteroatoms. The molecule has 296 valence electrons. The lowest BCUT2D eigenvalue weighted by Gasteiger charge is -2.40. The Morgan fingerprint density at radius 2 is 1.36 bits per heavy atom. The summed E-state index contributed by atoms with van der Waals surface area (Å²) in [6, 6.07) is 26.7. The Hall–Kier alpha value is -4.90. The van der Waals surface area contributed by atoms with Crippen molar-refractivity contribution in [3.63, 3.8) is 0 Å². The largest absolute Gasteiger partial charge is 0.467 e. The summed E-state index contributed by atoms with van der Waals surface area (Å²) < 4.78 is 5.08. The number of hydrogen-bond donors (Lipinski definition) is 2. The van der Waals surface area contributed by atoms with E-state index >= 15 is 0 Å². The van der Waals surface area contributed by atoms with E-state index in [0.29, 0.717) is 50.8 Å². The van der Waals surface area contributed by atoms with Crippen LogP contribution in [0.4, 0.5) is 5.69 Å². The monoisotopic (exact) mass is 778 g/mol. The number of amides is 4. The molecule has 56 heavy (non-hydrogen) atoms. The van der Waals surface area contributed by atoms with Crippen LogP contribution in [0.25, 0.3) is 0 Å². The molecule has 6 rings (SSSR count). The number of benzene rings is 3. The minimum atomic E-state index is -0.817. The quantitative estimate of drug-likeness (QED) is 0.159. The third kappa shape index (κ3) is 9.90. The number of para-hydroxylation sites is 1. The van der Waals surface area contributed by atoms with E-state index in [9.17, 15) is 24.0 Å². The van der Waals surface area contributed by atoms with Gasteiger partial charge in [-0.2, -0.15) is 0 Å². The van der Waals surface area contributed by atoms with Crippen molar-refractivity contribution in [2.24, 2.45) is 17.3 Å². The summed E-state index contributed by atoms with van der Waals surface area (Å²) in [4.78, 5) is 73.3. The van der Waals surface area contributed by atoms with E-state index in [4.69, 9.17) is 4.74 Å². The van der Waals surface area contributed by atoms with E-state index in [0.717, 1.165) is 29.7 Å². The minimum Gasteiger partial charge on any atom is -0.467 e. The van der Waals surface area contributed by atoms with E-state index in [1.54, 1.807) is 21.6 Å². The number of esters is 1. The van der Waals surface area contributed by atoms with Gasteiger partial charge in [-0.3, -0.25) is 19.2 Å². The van der Waals surface area contributed by atoms with Crippen LogP contribution in [0.5, 0.6) is 0 Å². The zero-order valence-corrected chi connectivity index (χ0v) is 33.4. The molecular formula is C45H54N4O6S. The van der Waals surface area contributed by atoms with Crippen LogP contribution in [0.15, 0.2) is 103 Å². The second-order valence-corrected chi connectivity index (χ2v) is 17.0. The predicted molar refractivity (Wildman–Crippen MR) is 219 cm³/mol. The Kier molecular flexibility index (Phi) is 13.7. The van der Waals surface area contributed by atoms with Crippen molar-refractivity contribution in [1.29, 1.82) is 0 Å². The molecule has 0 spiro atoms. The summed E-state index contributed by atoms with van der Waals surface area (Å²) in [5.74, 6) is -1.80. The summed E-state index contributed by atoms with van der Waals surface area (Å²) in [6.07, 6.45) is 8.16. The van der Waals surface area contributed by atoms with E-state index in [1.807, 2.05) is 117 Å². The number of ether oxygens (including phenoxy) is 1. The van der Waals surface area contributed by atoms with Gasteiger partial charge in [-0.15, -0.1) is 11.8 Å². The number of piperidine rings is 1. The zero-order chi connectivity index (χ0) is 39.7. The molecule has 6 atom stereocenters. The topological polar surface area (TPSA) is 125 Å². The molecule has 2 fully saturated rings. The van der Waals surface area contributed by atoms with Gasteiger partial charge in [0.25, 0.3) is 5.91 Å². The van der Waals surface area contributed by atoms with Crippen molar-refractivity contribution < 1.29 is 28.7 Å². The highest BCUT2D eigenvalue weighted by Crippen LogP contribution is 2.35. The Bertz CT molecular complexity index is 1860. The molecule has 0 aliphatic carbocycles. The van der Waals surface area contributed by atoms with Gasteiger partial charge in [0.05, 0.1) is 12.5 Å². The van der Waals surface area contributed by atoms with Gasteiger partial charge >= 0.3 is 5.97 Å². The molecule has 3 aromatic carbocycles. The van der Waals surface area contributed by atoms with Crippen molar-refractivity contribution in [3.8, 4) is 0 Å². The molecule has 2 saturated heterocycles. The Balaban J connectivity index is 1.23. The van der Waals surface area contributed by atoms with Crippen LogP contribution in [-0.4, -0.2) is 77.4 Å². The van der Waals surface area contributed by atoms with Crippen LogP contribution in [0.1, 0.15) is 63.5 Å². The maximum atomic E-state index is 14.5. The average molecular weight is 779 g/mol. The van der Waals surface area contributed by atoms with Gasteiger partial charge in [-0.1, -0.05) is 105 Å². The molecule has 10 nitrogen and oxygen atoms in total. The number of rotatable bonds is 13. The van der Waals surface area contributed by atoms with Crippen molar-refractivity contribution in [1.82, 2.24) is 15.5 Å². The number of methoxy groups -OCH3 is 1. The average Bonchev–Trinajstić information content (AvgIpc) is 3.44. The summed E-state index contributed by atoms with van der Waals surface area (Å²) in [7, 11) is 1.34. The number of carbonyl (C=O) groups excluding carboxylic acids is 5. The number of carbonyl (C=O) groups is 5. The minimum absolute atomic E-state index is 0.139. The number of fused-ring (bicyclic) bond motifs is 1. The van der Waals surface area contributed by atoms with Gasteiger partial charge in [-0.25, -0.2) is 4.79 Å². The first-order valence-electron chi connectivity index (χ1n) is 19.8. The fourth-order valence-corrected chi connectivity index (χ4v) is 9.55. The molecular weight excluding hydrogens is 725 g/mol. The molecule has 3 aliphatic rings. The van der Waals surface area contributed by atoms with Gasteiger partial charge < -0.3 is 25.2 Å². The van der Waals surface area contributed by atoms with Crippen LogP contribution < -0.4 is 15.5 Å². The van der Waals surface area contributed by atoms with Crippen LogP contribution in [0, 0.1) is 17.3 Å². The van der Waals surface area contributed by atoms with Crippen molar-refractivity contribution in [2.45, 2.75) is 88.7 Å². The van der Waals surface area contributed by atoms with Crippen LogP contribution >= 0.6 is 11.8 Å². The van der Waals surface area contributed by atoms with E-state index in [-0.39, 0.29) is 29.0 Å². The van der Waals surface area contributed by atoms with Crippen molar-refractivity contribution in [2.75, 3.05) is 24.3 Å². The molecule has 0 bridgehead atoms. The van der Waals surface area contributed by atoms with E-state index in [1.165, 1.54) is 7.11 Å². The Morgan fingerprint density at radius 1 is 0.786 bits per heavy atom. The molecule has 3 aromatic rings. The first-order valence-corrected chi connectivity index (χ1v) is 20.8. The second-order valence-electron chi connectivity index (χ2n) is 15.7. The SMILES string of the molecule is COC(=O)C1CCCC2SCCC(NC(=O)C(CCC(Cc3ccccc3)C(=O)NC3C(=O)N(c4ccccc4)CC=CC3(C)C)Cc3ccccc3)C(=O)N21. The number of anilines is 1. The fourth-order valence-electron chi connectivity index (χ4n) is 8.16. The van der Waals surface area contributed by atoms with Crippen molar-refractivity contribution >= 4 is 47.0 Å². The van der Waals surface area contributed by atoms with Gasteiger partial charge in [0, 0.05) is 29.5 Å². The molecule has 6 unspecified atom stereocenters. The second kappa shape index (κ2) is 18.8. The van der Waals surface area contributed by atoms with Gasteiger partial charge in [-0.05, 0) is 80.4 Å². The third-order valence-electron chi connectivity index (χ3n) is 11.3. The molecule has 0 saturated carbocycles. The lowest BCUT2D eigenvalue weighted by molar-refractivity contribution is -0.156. The number of nitrogens with zero attached hydrogens (tertiary/aromatic N) is 2. The first-order chi connectivity index (χ1) is 27.1. The zero-order valence-electron chi connectivity index (χ0n) is 32.6. The van der Waals surface area contributed by atoms with E-state index < -0.39 is 41.3 Å². The molecule has 3 aliphatic heterocycles. The maximum absolute atomic E-state index is 14.5. The lowest BCUT2D eigenvalue weighted by Crippen LogP contribution is -2.57. The molecule has 3 heterocycles. The van der Waals surface area contributed by atoms with Crippen molar-refractivity contribution in [3.05, 3.63) is 114 Å². The van der Waals surface area contributed by atoms with Gasteiger partial charge in [0.1, 0.15) is 18.1 Å². The van der Waals surface area contributed by atoms with E-state index in [2.05, 4.69) is 10.6 Å². The lowest BCUT2D eigenvalue weighted by atomic mass is 9.82.